The molecule has 0 rings (SSSR count). The Hall–Kier alpha value is -1.06. The second-order valence-electron chi connectivity index (χ2n) is 4.19. The lowest BCUT2D eigenvalue weighted by molar-refractivity contribution is 0.585. The predicted octanol–water partition coefficient (Wildman–Crippen LogP) is 1.68. The van der Waals surface area contributed by atoms with Gasteiger partial charge in [-0.2, -0.15) is 0 Å². The van der Waals surface area contributed by atoms with E-state index in [9.17, 15) is 0 Å². The highest BCUT2D eigenvalue weighted by Gasteiger charge is 2.05. The van der Waals surface area contributed by atoms with Crippen molar-refractivity contribution in [2.75, 3.05) is 28.2 Å². The first kappa shape index (κ1) is 13.9. The number of nitrogens with zero attached hydrogens (tertiary/aromatic N) is 4. The molecule has 0 spiro atoms. The van der Waals surface area contributed by atoms with E-state index in [0.717, 1.165) is 18.2 Å². The lowest BCUT2D eigenvalue weighted by Crippen LogP contribution is -2.28. The second-order valence-corrected chi connectivity index (χ2v) is 4.19. The van der Waals surface area contributed by atoms with E-state index >= 15 is 0 Å². The highest BCUT2D eigenvalue weighted by molar-refractivity contribution is 5.95. The highest BCUT2D eigenvalue weighted by atomic mass is 15.3. The molecule has 0 saturated heterocycles. The van der Waals surface area contributed by atoms with Crippen molar-refractivity contribution in [2.24, 2.45) is 9.98 Å². The van der Waals surface area contributed by atoms with Crippen LogP contribution in [0.15, 0.2) is 9.98 Å². The van der Waals surface area contributed by atoms with Crippen LogP contribution in [0.2, 0.25) is 0 Å². The molecule has 0 fully saturated rings. The van der Waals surface area contributed by atoms with E-state index in [-0.39, 0.29) is 6.04 Å². The molecule has 0 aromatic rings. The molecule has 88 valence electrons. The summed E-state index contributed by atoms with van der Waals surface area (Å²) in [5, 5.41) is 0. The minimum absolute atomic E-state index is 0.270. The molecule has 15 heavy (non-hydrogen) atoms. The Balaban J connectivity index is 4.95. The standard InChI is InChI=1S/C11H24N4/c1-8-10(14(4)5)13-11(15(6)7)12-9(2)3/h9H,8H2,1-7H3. The SMILES string of the molecule is CCC(=NC(=NC(C)C)N(C)C)N(C)C. The number of hydrogen-bond donors (Lipinski definition) is 0. The van der Waals surface area contributed by atoms with Gasteiger partial charge >= 0.3 is 0 Å². The average molecular weight is 212 g/mol. The summed E-state index contributed by atoms with van der Waals surface area (Å²) in [5.41, 5.74) is 0. The van der Waals surface area contributed by atoms with Gasteiger partial charge in [0.15, 0.2) is 0 Å². The molecule has 0 aromatic heterocycles. The third-order valence-corrected chi connectivity index (χ3v) is 1.84. The minimum Gasteiger partial charge on any atom is -0.366 e. The quantitative estimate of drug-likeness (QED) is 0.515. The van der Waals surface area contributed by atoms with Gasteiger partial charge in [-0.3, -0.25) is 0 Å². The van der Waals surface area contributed by atoms with E-state index in [1.54, 1.807) is 0 Å². The molecule has 0 heterocycles. The number of guanidine groups is 1. The van der Waals surface area contributed by atoms with E-state index < -0.39 is 0 Å². The van der Waals surface area contributed by atoms with Gasteiger partial charge < -0.3 is 9.80 Å². The summed E-state index contributed by atoms with van der Waals surface area (Å²) in [7, 11) is 7.94. The molecule has 0 radical (unpaired) electrons. The minimum atomic E-state index is 0.270. The lowest BCUT2D eigenvalue weighted by atomic mass is 10.4. The van der Waals surface area contributed by atoms with E-state index in [0.29, 0.717) is 0 Å². The van der Waals surface area contributed by atoms with Gasteiger partial charge in [-0.05, 0) is 13.8 Å². The molecule has 0 bridgehead atoms. The maximum absolute atomic E-state index is 4.55. The van der Waals surface area contributed by atoms with Crippen molar-refractivity contribution >= 4 is 11.8 Å². The number of aliphatic imine (C=N–C) groups is 2. The van der Waals surface area contributed by atoms with Crippen molar-refractivity contribution in [3.05, 3.63) is 0 Å². The molecule has 0 unspecified atom stereocenters. The van der Waals surface area contributed by atoms with Crippen LogP contribution in [-0.4, -0.2) is 55.8 Å². The zero-order chi connectivity index (χ0) is 12.0. The number of hydrogen-bond acceptors (Lipinski definition) is 1. The molecule has 4 heteroatoms. The lowest BCUT2D eigenvalue weighted by Gasteiger charge is -2.18. The molecule has 0 aromatic carbocycles. The first-order valence-electron chi connectivity index (χ1n) is 5.38. The highest BCUT2D eigenvalue weighted by Crippen LogP contribution is 1.97. The van der Waals surface area contributed by atoms with E-state index in [4.69, 9.17) is 0 Å². The van der Waals surface area contributed by atoms with Crippen LogP contribution in [0.25, 0.3) is 0 Å². The van der Waals surface area contributed by atoms with Crippen molar-refractivity contribution in [1.82, 2.24) is 9.80 Å². The van der Waals surface area contributed by atoms with Gasteiger partial charge in [0, 0.05) is 40.7 Å². The van der Waals surface area contributed by atoms with Gasteiger partial charge in [-0.1, -0.05) is 6.92 Å². The molecule has 0 amide bonds. The smallest absolute Gasteiger partial charge is 0.222 e. The van der Waals surface area contributed by atoms with Crippen molar-refractivity contribution < 1.29 is 0 Å². The van der Waals surface area contributed by atoms with E-state index in [1.165, 1.54) is 0 Å². The molecular formula is C11H24N4. The second kappa shape index (κ2) is 6.43. The van der Waals surface area contributed by atoms with Crippen LogP contribution in [0.5, 0.6) is 0 Å². The van der Waals surface area contributed by atoms with Gasteiger partial charge in [0.1, 0.15) is 5.84 Å². The van der Waals surface area contributed by atoms with E-state index in [1.807, 2.05) is 38.0 Å². The number of rotatable bonds is 2. The van der Waals surface area contributed by atoms with Gasteiger partial charge in [0.05, 0.1) is 0 Å². The third-order valence-electron chi connectivity index (χ3n) is 1.84. The summed E-state index contributed by atoms with van der Waals surface area (Å²) in [6.07, 6.45) is 0.915. The maximum atomic E-state index is 4.55. The third kappa shape index (κ3) is 5.40. The summed E-state index contributed by atoms with van der Waals surface area (Å²) in [4.78, 5) is 13.0. The summed E-state index contributed by atoms with van der Waals surface area (Å²) >= 11 is 0. The average Bonchev–Trinajstić information content (AvgIpc) is 2.10. The normalized spacial score (nSPS) is 13.3. The summed E-state index contributed by atoms with van der Waals surface area (Å²) in [6.45, 7) is 6.21. The molecule has 0 aliphatic carbocycles. The fourth-order valence-corrected chi connectivity index (χ4v) is 1.09. The predicted molar refractivity (Wildman–Crippen MR) is 67.7 cm³/mol. The first-order chi connectivity index (χ1) is 6.88. The molecule has 0 saturated carbocycles. The van der Waals surface area contributed by atoms with E-state index in [2.05, 4.69) is 30.8 Å². The topological polar surface area (TPSA) is 31.2 Å². The Morgan fingerprint density at radius 1 is 1.07 bits per heavy atom. The Morgan fingerprint density at radius 3 is 1.87 bits per heavy atom. The molecule has 4 nitrogen and oxygen atoms in total. The van der Waals surface area contributed by atoms with Crippen molar-refractivity contribution in [3.8, 4) is 0 Å². The molecular weight excluding hydrogens is 188 g/mol. The van der Waals surface area contributed by atoms with Gasteiger partial charge in [-0.25, -0.2) is 9.98 Å². The monoisotopic (exact) mass is 212 g/mol. The van der Waals surface area contributed by atoms with Gasteiger partial charge in [0.25, 0.3) is 0 Å². The van der Waals surface area contributed by atoms with Crippen molar-refractivity contribution in [3.63, 3.8) is 0 Å². The fourth-order valence-electron chi connectivity index (χ4n) is 1.09. The summed E-state index contributed by atoms with van der Waals surface area (Å²) in [6, 6.07) is 0.270. The largest absolute Gasteiger partial charge is 0.366 e. The maximum Gasteiger partial charge on any atom is 0.222 e. The summed E-state index contributed by atoms with van der Waals surface area (Å²) < 4.78 is 0. The first-order valence-corrected chi connectivity index (χ1v) is 5.38. The van der Waals surface area contributed by atoms with Crippen LogP contribution in [0.3, 0.4) is 0 Å². The van der Waals surface area contributed by atoms with Crippen LogP contribution in [0, 0.1) is 0 Å². The van der Waals surface area contributed by atoms with Crippen LogP contribution in [0.4, 0.5) is 0 Å². The van der Waals surface area contributed by atoms with Crippen molar-refractivity contribution in [2.45, 2.75) is 33.2 Å². The van der Waals surface area contributed by atoms with Crippen LogP contribution in [0.1, 0.15) is 27.2 Å². The van der Waals surface area contributed by atoms with Crippen LogP contribution >= 0.6 is 0 Å². The fraction of sp³-hybridized carbons (Fsp3) is 0.818. The van der Waals surface area contributed by atoms with Crippen LogP contribution in [-0.2, 0) is 0 Å². The zero-order valence-electron chi connectivity index (χ0n) is 11.1. The Bertz CT molecular complexity index is 239. The molecule has 0 atom stereocenters. The van der Waals surface area contributed by atoms with Crippen molar-refractivity contribution in [1.29, 1.82) is 0 Å². The molecule has 0 N–H and O–H groups in total. The number of amidine groups is 1. The van der Waals surface area contributed by atoms with Crippen LogP contribution < -0.4 is 0 Å². The van der Waals surface area contributed by atoms with Gasteiger partial charge in [0.2, 0.25) is 5.96 Å². The summed E-state index contributed by atoms with van der Waals surface area (Å²) in [5.74, 6) is 1.83. The molecule has 0 aliphatic heterocycles. The Kier molecular flexibility index (Phi) is 5.97. The molecule has 0 aliphatic rings. The zero-order valence-corrected chi connectivity index (χ0v) is 11.1. The Morgan fingerprint density at radius 2 is 1.60 bits per heavy atom. The van der Waals surface area contributed by atoms with Gasteiger partial charge in [-0.15, -0.1) is 0 Å². The Labute approximate surface area is 93.7 Å².